The van der Waals surface area contributed by atoms with Gasteiger partial charge in [-0.2, -0.15) is 0 Å². The molecular formula is C37H33N5O4S2. The van der Waals surface area contributed by atoms with Gasteiger partial charge >= 0.3 is 0 Å². The molecule has 0 radical (unpaired) electrons. The van der Waals surface area contributed by atoms with Crippen LogP contribution in [0.5, 0.6) is 0 Å². The largest absolute Gasteiger partial charge is 0.392 e. The zero-order valence-electron chi connectivity index (χ0n) is 26.2. The SMILES string of the molecule is Cc1nnc(SC[C@@H]2C[C@H](c3ccc(CO)cc3)O[C@H](c3cccc(-c4cccc(CNC(=O)c5cnc6ccccc6n5)c4)c3)O2)s1. The first-order valence-electron chi connectivity index (χ1n) is 15.6. The number of fused-ring (bicyclic) bond motifs is 1. The number of hydrogen-bond acceptors (Lipinski definition) is 10. The third kappa shape index (κ3) is 7.61. The van der Waals surface area contributed by atoms with Gasteiger partial charge in [0.1, 0.15) is 10.7 Å². The van der Waals surface area contributed by atoms with Crippen LogP contribution in [0.3, 0.4) is 0 Å². The van der Waals surface area contributed by atoms with E-state index >= 15 is 0 Å². The Morgan fingerprint density at radius 3 is 2.48 bits per heavy atom. The normalized spacial score (nSPS) is 17.8. The Bertz CT molecular complexity index is 2040. The highest BCUT2D eigenvalue weighted by Gasteiger charge is 2.32. The van der Waals surface area contributed by atoms with Gasteiger partial charge in [0.25, 0.3) is 5.91 Å². The fourth-order valence-corrected chi connectivity index (χ4v) is 7.45. The molecule has 48 heavy (non-hydrogen) atoms. The molecule has 242 valence electrons. The van der Waals surface area contributed by atoms with E-state index in [0.29, 0.717) is 18.5 Å². The lowest BCUT2D eigenvalue weighted by Gasteiger charge is -2.36. The first kappa shape index (κ1) is 32.0. The van der Waals surface area contributed by atoms with Crippen LogP contribution in [0.2, 0.25) is 0 Å². The molecule has 0 saturated carbocycles. The van der Waals surface area contributed by atoms with Crippen molar-refractivity contribution in [3.05, 3.63) is 136 Å². The molecule has 0 bridgehead atoms. The van der Waals surface area contributed by atoms with E-state index in [1.54, 1.807) is 23.1 Å². The highest BCUT2D eigenvalue weighted by Crippen LogP contribution is 2.40. The second-order valence-corrected chi connectivity index (χ2v) is 13.9. The second-order valence-electron chi connectivity index (χ2n) is 11.5. The van der Waals surface area contributed by atoms with E-state index in [9.17, 15) is 9.90 Å². The van der Waals surface area contributed by atoms with Crippen LogP contribution in [0.25, 0.3) is 22.2 Å². The van der Waals surface area contributed by atoms with Crippen molar-refractivity contribution in [2.45, 2.75) is 49.3 Å². The molecule has 1 aliphatic heterocycles. The van der Waals surface area contributed by atoms with Gasteiger partial charge in [-0.3, -0.25) is 9.78 Å². The number of carbonyl (C=O) groups excluding carboxylic acids is 1. The lowest BCUT2D eigenvalue weighted by atomic mass is 9.99. The molecule has 7 rings (SSSR count). The molecule has 11 heteroatoms. The molecule has 3 atom stereocenters. The van der Waals surface area contributed by atoms with Crippen molar-refractivity contribution in [3.8, 4) is 11.1 Å². The minimum absolute atomic E-state index is 0.00241. The van der Waals surface area contributed by atoms with Crippen LogP contribution in [0.4, 0.5) is 0 Å². The Balaban J connectivity index is 1.07. The van der Waals surface area contributed by atoms with E-state index in [0.717, 1.165) is 54.0 Å². The van der Waals surface area contributed by atoms with E-state index in [-0.39, 0.29) is 30.4 Å². The number of carbonyl (C=O) groups is 1. The van der Waals surface area contributed by atoms with Gasteiger partial charge in [0.05, 0.1) is 36.0 Å². The Morgan fingerprint density at radius 1 is 0.896 bits per heavy atom. The number of amides is 1. The third-order valence-electron chi connectivity index (χ3n) is 8.07. The minimum Gasteiger partial charge on any atom is -0.392 e. The molecule has 2 aromatic heterocycles. The van der Waals surface area contributed by atoms with Gasteiger partial charge in [0, 0.05) is 24.3 Å². The highest BCUT2D eigenvalue weighted by molar-refractivity contribution is 8.01. The number of aliphatic hydroxyl groups is 1. The van der Waals surface area contributed by atoms with Gasteiger partial charge in [-0.1, -0.05) is 95.9 Å². The average Bonchev–Trinajstić information content (AvgIpc) is 3.57. The molecular weight excluding hydrogens is 643 g/mol. The summed E-state index contributed by atoms with van der Waals surface area (Å²) in [6, 6.07) is 31.7. The summed E-state index contributed by atoms with van der Waals surface area (Å²) < 4.78 is 14.1. The molecule has 2 N–H and O–H groups in total. The first-order chi connectivity index (χ1) is 23.5. The van der Waals surface area contributed by atoms with Gasteiger partial charge in [0.2, 0.25) is 0 Å². The summed E-state index contributed by atoms with van der Waals surface area (Å²) in [4.78, 5) is 21.7. The van der Waals surface area contributed by atoms with Crippen LogP contribution < -0.4 is 5.32 Å². The average molecular weight is 676 g/mol. The number of benzene rings is 4. The molecule has 1 amide bonds. The topological polar surface area (TPSA) is 119 Å². The number of ether oxygens (including phenoxy) is 2. The number of aryl methyl sites for hydroxylation is 1. The van der Waals surface area contributed by atoms with Gasteiger partial charge < -0.3 is 19.9 Å². The zero-order valence-corrected chi connectivity index (χ0v) is 27.8. The molecule has 1 saturated heterocycles. The fourth-order valence-electron chi connectivity index (χ4n) is 5.59. The van der Waals surface area contributed by atoms with E-state index in [1.807, 2.05) is 79.7 Å². The van der Waals surface area contributed by atoms with Gasteiger partial charge in [-0.25, -0.2) is 4.98 Å². The Hall–Kier alpha value is -4.52. The number of hydrogen-bond donors (Lipinski definition) is 2. The van der Waals surface area contributed by atoms with Crippen molar-refractivity contribution in [1.82, 2.24) is 25.5 Å². The zero-order chi connectivity index (χ0) is 32.9. The van der Waals surface area contributed by atoms with Crippen LogP contribution in [0.1, 0.15) is 56.6 Å². The number of para-hydroxylation sites is 2. The van der Waals surface area contributed by atoms with Crippen molar-refractivity contribution < 1.29 is 19.4 Å². The van der Waals surface area contributed by atoms with E-state index in [1.165, 1.54) is 6.20 Å². The monoisotopic (exact) mass is 675 g/mol. The van der Waals surface area contributed by atoms with Crippen molar-refractivity contribution in [2.75, 3.05) is 5.75 Å². The summed E-state index contributed by atoms with van der Waals surface area (Å²) >= 11 is 3.23. The molecule has 9 nitrogen and oxygen atoms in total. The predicted molar refractivity (Wildman–Crippen MR) is 186 cm³/mol. The molecule has 4 aromatic carbocycles. The molecule has 0 spiro atoms. The summed E-state index contributed by atoms with van der Waals surface area (Å²) in [6.07, 6.45) is 1.36. The van der Waals surface area contributed by atoms with Crippen LogP contribution in [-0.2, 0) is 22.6 Å². The molecule has 1 aliphatic rings. The Labute approximate surface area is 286 Å². The number of aliphatic hydroxyl groups excluding tert-OH is 1. The maximum atomic E-state index is 12.9. The van der Waals surface area contributed by atoms with Crippen LogP contribution in [0, 0.1) is 6.92 Å². The highest BCUT2D eigenvalue weighted by atomic mass is 32.2. The Kier molecular flexibility index (Phi) is 9.82. The van der Waals surface area contributed by atoms with Crippen LogP contribution in [0.15, 0.2) is 108 Å². The third-order valence-corrected chi connectivity index (χ3v) is 10.2. The van der Waals surface area contributed by atoms with E-state index in [2.05, 4.69) is 49.7 Å². The van der Waals surface area contributed by atoms with E-state index in [4.69, 9.17) is 9.47 Å². The number of nitrogens with one attached hydrogen (secondary N) is 1. The number of rotatable bonds is 10. The van der Waals surface area contributed by atoms with E-state index < -0.39 is 6.29 Å². The summed E-state index contributed by atoms with van der Waals surface area (Å²) in [5, 5.41) is 21.9. The maximum absolute atomic E-state index is 12.9. The second kappa shape index (κ2) is 14.7. The first-order valence-corrected chi connectivity index (χ1v) is 17.4. The van der Waals surface area contributed by atoms with Crippen LogP contribution >= 0.6 is 23.1 Å². The summed E-state index contributed by atoms with van der Waals surface area (Å²) in [5.41, 5.74) is 7.51. The van der Waals surface area contributed by atoms with Gasteiger partial charge in [-0.15, -0.1) is 10.2 Å². The predicted octanol–water partition coefficient (Wildman–Crippen LogP) is 7.22. The van der Waals surface area contributed by atoms with Crippen molar-refractivity contribution in [1.29, 1.82) is 0 Å². The quantitative estimate of drug-likeness (QED) is 0.145. The summed E-state index contributed by atoms with van der Waals surface area (Å²) in [6.45, 7) is 2.30. The number of aromatic nitrogens is 4. The molecule has 3 heterocycles. The lowest BCUT2D eigenvalue weighted by molar-refractivity contribution is -0.245. The molecule has 6 aromatic rings. The number of nitrogens with zero attached hydrogens (tertiary/aromatic N) is 4. The lowest BCUT2D eigenvalue weighted by Crippen LogP contribution is -2.31. The number of thioether (sulfide) groups is 1. The summed E-state index contributed by atoms with van der Waals surface area (Å²) in [5.74, 6) is 0.444. The molecule has 0 aliphatic carbocycles. The smallest absolute Gasteiger partial charge is 0.271 e. The molecule has 1 fully saturated rings. The molecule has 0 unspecified atom stereocenters. The summed E-state index contributed by atoms with van der Waals surface area (Å²) in [7, 11) is 0. The maximum Gasteiger partial charge on any atom is 0.271 e. The van der Waals surface area contributed by atoms with Gasteiger partial charge in [0.15, 0.2) is 10.6 Å². The minimum atomic E-state index is -0.575. The van der Waals surface area contributed by atoms with Crippen LogP contribution in [-0.4, -0.2) is 43.0 Å². The Morgan fingerprint density at radius 2 is 1.69 bits per heavy atom. The van der Waals surface area contributed by atoms with Crippen molar-refractivity contribution in [3.63, 3.8) is 0 Å². The van der Waals surface area contributed by atoms with Gasteiger partial charge in [-0.05, 0) is 59.0 Å². The standard InChI is InChI=1S/C37H33N5O4S2/c1-23-41-42-37(48-23)47-22-30-18-34(26-14-12-24(21-43)13-15-26)46-36(45-30)29-9-5-8-28(17-29)27-7-4-6-25(16-27)19-39-35(44)33-20-38-31-10-2-3-11-32(31)40-33/h2-17,20,30,34,36,43H,18-19,21-22H2,1H3,(H,39,44)/t30-,34+,36+/m0/s1. The fraction of sp³-hybridized carbons (Fsp3) is 0.216. The van der Waals surface area contributed by atoms with Crippen molar-refractivity contribution >= 4 is 40.0 Å². The van der Waals surface area contributed by atoms with Crippen molar-refractivity contribution in [2.24, 2.45) is 0 Å².